The Morgan fingerprint density at radius 3 is 2.63 bits per heavy atom. The fourth-order valence-corrected chi connectivity index (χ4v) is 3.77. The molecule has 2 aromatic carbocycles. The van der Waals surface area contributed by atoms with Crippen LogP contribution in [-0.2, 0) is 11.4 Å². The number of para-hydroxylation sites is 2. The second-order valence-corrected chi connectivity index (χ2v) is 7.69. The van der Waals surface area contributed by atoms with Crippen molar-refractivity contribution in [3.05, 3.63) is 88.0 Å². The smallest absolute Gasteiger partial charge is 0.281 e. The summed E-state index contributed by atoms with van der Waals surface area (Å²) in [6.07, 6.45) is 1.64. The molecule has 0 bridgehead atoms. The van der Waals surface area contributed by atoms with Crippen LogP contribution in [0.15, 0.2) is 64.7 Å². The molecule has 1 aliphatic heterocycles. The van der Waals surface area contributed by atoms with E-state index in [2.05, 4.69) is 5.32 Å². The average molecular weight is 439 g/mol. The first-order chi connectivity index (χ1) is 14.4. The van der Waals surface area contributed by atoms with Gasteiger partial charge in [0.25, 0.3) is 5.91 Å². The van der Waals surface area contributed by atoms with Crippen molar-refractivity contribution < 1.29 is 13.9 Å². The molecule has 0 radical (unpaired) electrons. The monoisotopic (exact) mass is 438 g/mol. The average Bonchev–Trinajstić information content (AvgIpc) is 3.26. The van der Waals surface area contributed by atoms with Gasteiger partial charge in [-0.25, -0.2) is 0 Å². The molecule has 0 atom stereocenters. The molecule has 30 heavy (non-hydrogen) atoms. The summed E-state index contributed by atoms with van der Waals surface area (Å²) in [5.74, 6) is 1.54. The fraction of sp³-hybridized carbons (Fsp3) is 0.130. The Morgan fingerprint density at radius 1 is 1.10 bits per heavy atom. The van der Waals surface area contributed by atoms with E-state index in [1.807, 2.05) is 50.2 Å². The van der Waals surface area contributed by atoms with Crippen LogP contribution in [0.3, 0.4) is 0 Å². The summed E-state index contributed by atoms with van der Waals surface area (Å²) in [6, 6.07) is 16.8. The fourth-order valence-electron chi connectivity index (χ4n) is 3.20. The van der Waals surface area contributed by atoms with Crippen LogP contribution in [0.25, 0.3) is 6.08 Å². The number of carbonyl (C=O) groups excluding carboxylic acids is 1. The normalized spacial score (nSPS) is 15.0. The Hall–Kier alpha value is -3.09. The van der Waals surface area contributed by atoms with Gasteiger partial charge >= 0.3 is 0 Å². The lowest BCUT2D eigenvalue weighted by Gasteiger charge is -2.16. The van der Waals surface area contributed by atoms with E-state index in [4.69, 9.17) is 33.0 Å². The van der Waals surface area contributed by atoms with Crippen LogP contribution in [0.2, 0.25) is 5.02 Å². The lowest BCUT2D eigenvalue weighted by atomic mass is 10.2. The molecule has 1 N–H and O–H groups in total. The third-order valence-corrected chi connectivity index (χ3v) is 5.31. The summed E-state index contributed by atoms with van der Waals surface area (Å²) in [5.41, 5.74) is 3.02. The molecule has 0 saturated carbocycles. The van der Waals surface area contributed by atoms with E-state index in [0.717, 1.165) is 16.8 Å². The molecule has 7 heteroatoms. The number of rotatable bonds is 5. The van der Waals surface area contributed by atoms with E-state index in [9.17, 15) is 4.79 Å². The molecule has 3 aromatic rings. The second-order valence-electron chi connectivity index (χ2n) is 6.89. The summed E-state index contributed by atoms with van der Waals surface area (Å²) in [6.45, 7) is 4.09. The number of thiocarbonyl (C=S) groups is 1. The standard InChI is InChI=1S/C23H19ClN2O3S/c1-14-6-3-4-9-20(14)26-22(27)19(25-23(26)30)12-16-10-11-17(29-16)13-28-21-15(2)7-5-8-18(21)24/h3-12H,13H2,1-2H3,(H,25,30)/b19-12+. The van der Waals surface area contributed by atoms with E-state index in [0.29, 0.717) is 33.1 Å². The number of halogens is 1. The molecule has 152 valence electrons. The number of anilines is 1. The van der Waals surface area contributed by atoms with Gasteiger partial charge in [-0.05, 0) is 61.5 Å². The number of amides is 1. The summed E-state index contributed by atoms with van der Waals surface area (Å²) >= 11 is 11.6. The Balaban J connectivity index is 1.50. The van der Waals surface area contributed by atoms with Crippen molar-refractivity contribution in [3.63, 3.8) is 0 Å². The van der Waals surface area contributed by atoms with Crippen LogP contribution in [0.4, 0.5) is 5.69 Å². The lowest BCUT2D eigenvalue weighted by molar-refractivity contribution is -0.113. The number of nitrogens with zero attached hydrogens (tertiary/aromatic N) is 1. The molecule has 0 spiro atoms. The minimum Gasteiger partial charge on any atom is -0.484 e. The first kappa shape index (κ1) is 20.2. The Morgan fingerprint density at radius 2 is 1.87 bits per heavy atom. The van der Waals surface area contributed by atoms with Gasteiger partial charge in [0.05, 0.1) is 10.7 Å². The van der Waals surface area contributed by atoms with Crippen molar-refractivity contribution in [2.45, 2.75) is 20.5 Å². The predicted octanol–water partition coefficient (Wildman–Crippen LogP) is 5.39. The molecule has 1 fully saturated rings. The minimum atomic E-state index is -0.227. The van der Waals surface area contributed by atoms with Gasteiger partial charge in [0.2, 0.25) is 0 Å². The lowest BCUT2D eigenvalue weighted by Crippen LogP contribution is -2.30. The maximum atomic E-state index is 12.9. The summed E-state index contributed by atoms with van der Waals surface area (Å²) in [7, 11) is 0. The van der Waals surface area contributed by atoms with Crippen molar-refractivity contribution in [1.82, 2.24) is 5.32 Å². The predicted molar refractivity (Wildman–Crippen MR) is 122 cm³/mol. The highest BCUT2D eigenvalue weighted by atomic mass is 35.5. The Bertz CT molecular complexity index is 1150. The maximum absolute atomic E-state index is 12.9. The molecular weight excluding hydrogens is 420 g/mol. The first-order valence-corrected chi connectivity index (χ1v) is 10.1. The molecule has 2 heterocycles. The molecule has 1 amide bonds. The van der Waals surface area contributed by atoms with E-state index in [1.165, 1.54) is 4.90 Å². The molecule has 1 aliphatic rings. The summed E-state index contributed by atoms with van der Waals surface area (Å²) < 4.78 is 11.6. The van der Waals surface area contributed by atoms with Crippen LogP contribution in [0.5, 0.6) is 5.75 Å². The van der Waals surface area contributed by atoms with E-state index < -0.39 is 0 Å². The van der Waals surface area contributed by atoms with E-state index >= 15 is 0 Å². The summed E-state index contributed by atoms with van der Waals surface area (Å²) in [5, 5.41) is 3.86. The molecule has 5 nitrogen and oxygen atoms in total. The van der Waals surface area contributed by atoms with Crippen LogP contribution >= 0.6 is 23.8 Å². The number of ether oxygens (including phenoxy) is 1. The van der Waals surface area contributed by atoms with Gasteiger partial charge in [-0.3, -0.25) is 9.69 Å². The van der Waals surface area contributed by atoms with Crippen LogP contribution in [-0.4, -0.2) is 11.0 Å². The summed E-state index contributed by atoms with van der Waals surface area (Å²) in [4.78, 5) is 14.4. The first-order valence-electron chi connectivity index (χ1n) is 9.33. The number of nitrogens with one attached hydrogen (secondary N) is 1. The quantitative estimate of drug-likeness (QED) is 0.427. The third kappa shape index (κ3) is 3.97. The second kappa shape index (κ2) is 8.34. The minimum absolute atomic E-state index is 0.225. The van der Waals surface area contributed by atoms with Crippen molar-refractivity contribution in [2.24, 2.45) is 0 Å². The van der Waals surface area contributed by atoms with Crippen molar-refractivity contribution in [2.75, 3.05) is 4.90 Å². The third-order valence-electron chi connectivity index (χ3n) is 4.73. The van der Waals surface area contributed by atoms with Crippen LogP contribution in [0.1, 0.15) is 22.6 Å². The van der Waals surface area contributed by atoms with E-state index in [-0.39, 0.29) is 12.5 Å². The van der Waals surface area contributed by atoms with Gasteiger partial charge < -0.3 is 14.5 Å². The zero-order valence-electron chi connectivity index (χ0n) is 16.4. The Labute approximate surface area is 184 Å². The highest BCUT2D eigenvalue weighted by Gasteiger charge is 2.32. The zero-order chi connectivity index (χ0) is 21.3. The van der Waals surface area contributed by atoms with Crippen LogP contribution < -0.4 is 15.0 Å². The van der Waals surface area contributed by atoms with Crippen LogP contribution in [0, 0.1) is 13.8 Å². The van der Waals surface area contributed by atoms with E-state index in [1.54, 1.807) is 24.3 Å². The molecule has 1 aromatic heterocycles. The zero-order valence-corrected chi connectivity index (χ0v) is 18.0. The van der Waals surface area contributed by atoms with Gasteiger partial charge in [-0.15, -0.1) is 0 Å². The van der Waals surface area contributed by atoms with Gasteiger partial charge in [0.15, 0.2) is 5.11 Å². The van der Waals surface area contributed by atoms with Crippen molar-refractivity contribution in [1.29, 1.82) is 0 Å². The molecule has 0 unspecified atom stereocenters. The number of aryl methyl sites for hydroxylation is 2. The van der Waals surface area contributed by atoms with Gasteiger partial charge in [0, 0.05) is 6.08 Å². The van der Waals surface area contributed by atoms with Gasteiger partial charge in [-0.1, -0.05) is 41.9 Å². The highest BCUT2D eigenvalue weighted by Crippen LogP contribution is 2.29. The number of hydrogen-bond donors (Lipinski definition) is 1. The SMILES string of the molecule is Cc1ccccc1N1C(=O)/C(=C\c2ccc(COc3c(C)cccc3Cl)o2)NC1=S. The Kier molecular flexibility index (Phi) is 5.61. The maximum Gasteiger partial charge on any atom is 0.281 e. The highest BCUT2D eigenvalue weighted by molar-refractivity contribution is 7.80. The van der Waals surface area contributed by atoms with Gasteiger partial charge in [-0.2, -0.15) is 0 Å². The largest absolute Gasteiger partial charge is 0.484 e. The van der Waals surface area contributed by atoms with Gasteiger partial charge in [0.1, 0.15) is 29.6 Å². The number of carbonyl (C=O) groups is 1. The molecule has 1 saturated heterocycles. The molecule has 0 aliphatic carbocycles. The number of benzene rings is 2. The topological polar surface area (TPSA) is 54.7 Å². The number of furan rings is 1. The number of hydrogen-bond acceptors (Lipinski definition) is 4. The molecule has 4 rings (SSSR count). The van der Waals surface area contributed by atoms with Crippen molar-refractivity contribution in [3.8, 4) is 5.75 Å². The van der Waals surface area contributed by atoms with Crippen molar-refractivity contribution >= 4 is 46.6 Å². The molecular formula is C23H19ClN2O3S.